The summed E-state index contributed by atoms with van der Waals surface area (Å²) in [6.07, 6.45) is 0. The minimum atomic E-state index is -0.314. The van der Waals surface area contributed by atoms with Crippen molar-refractivity contribution in [3.05, 3.63) is 20.8 Å². The maximum atomic E-state index is 13.1. The highest BCUT2D eigenvalue weighted by Gasteiger charge is 2.28. The topological polar surface area (TPSA) is 55.2 Å². The van der Waals surface area contributed by atoms with Gasteiger partial charge in [-0.2, -0.15) is 0 Å². The Morgan fingerprint density at radius 1 is 1.07 bits per heavy atom. The molecule has 2 heterocycles. The lowest BCUT2D eigenvalue weighted by Gasteiger charge is -2.33. The van der Waals surface area contributed by atoms with Crippen LogP contribution in [0.15, 0.2) is 9.95 Å². The van der Waals surface area contributed by atoms with Gasteiger partial charge < -0.3 is 4.90 Å². The minimum absolute atomic E-state index is 0.0106. The molecule has 0 N–H and O–H groups in total. The first-order valence-corrected chi connectivity index (χ1v) is 11.2. The summed E-state index contributed by atoms with van der Waals surface area (Å²) in [4.78, 5) is 34.7. The molecule has 0 spiro atoms. The van der Waals surface area contributed by atoms with Gasteiger partial charge in [-0.3, -0.25) is 14.2 Å². The van der Waals surface area contributed by atoms with E-state index in [-0.39, 0.29) is 34.8 Å². The summed E-state index contributed by atoms with van der Waals surface area (Å²) in [6.45, 7) is 18.0. The molecule has 1 amide bonds. The third-order valence-electron chi connectivity index (χ3n) is 4.72. The van der Waals surface area contributed by atoms with Gasteiger partial charge in [-0.1, -0.05) is 11.8 Å². The van der Waals surface area contributed by atoms with Gasteiger partial charge in [-0.25, -0.2) is 4.98 Å². The molecule has 0 unspecified atom stereocenters. The average molecular weight is 410 g/mol. The van der Waals surface area contributed by atoms with Gasteiger partial charge in [-0.15, -0.1) is 11.3 Å². The van der Waals surface area contributed by atoms with E-state index in [0.717, 1.165) is 15.3 Å². The van der Waals surface area contributed by atoms with Crippen LogP contribution in [0.2, 0.25) is 0 Å². The molecule has 27 heavy (non-hydrogen) atoms. The van der Waals surface area contributed by atoms with Crippen molar-refractivity contribution >= 4 is 39.2 Å². The SMILES string of the molecule is Cc1sc2nc(S[C@H](C)C(=O)N(C(C)C)C(C)C)n(C(C)C)c(=O)c2c1C. The van der Waals surface area contributed by atoms with E-state index in [4.69, 9.17) is 4.98 Å². The molecular weight excluding hydrogens is 378 g/mol. The van der Waals surface area contributed by atoms with E-state index >= 15 is 0 Å². The van der Waals surface area contributed by atoms with Crippen LogP contribution >= 0.6 is 23.1 Å². The van der Waals surface area contributed by atoms with Crippen molar-refractivity contribution in [3.8, 4) is 0 Å². The molecule has 7 heteroatoms. The molecule has 0 aromatic carbocycles. The zero-order valence-corrected chi connectivity index (χ0v) is 19.4. The highest BCUT2D eigenvalue weighted by atomic mass is 32.2. The molecule has 0 aliphatic carbocycles. The lowest BCUT2D eigenvalue weighted by molar-refractivity contribution is -0.133. The minimum Gasteiger partial charge on any atom is -0.337 e. The molecule has 0 radical (unpaired) electrons. The third kappa shape index (κ3) is 4.24. The summed E-state index contributed by atoms with van der Waals surface area (Å²) < 4.78 is 1.73. The first-order chi connectivity index (χ1) is 12.5. The van der Waals surface area contributed by atoms with Crippen molar-refractivity contribution in [3.63, 3.8) is 0 Å². The Bertz CT molecular complexity index is 889. The van der Waals surface area contributed by atoms with Gasteiger partial charge in [0.2, 0.25) is 5.91 Å². The van der Waals surface area contributed by atoms with Gasteiger partial charge in [0.1, 0.15) is 4.83 Å². The molecule has 0 fully saturated rings. The zero-order chi connectivity index (χ0) is 20.6. The van der Waals surface area contributed by atoms with Crippen LogP contribution < -0.4 is 5.56 Å². The molecular formula is C20H31N3O2S2. The maximum absolute atomic E-state index is 13.1. The first-order valence-electron chi connectivity index (χ1n) is 9.48. The number of carbonyl (C=O) groups excluding carboxylic acids is 1. The second-order valence-electron chi connectivity index (χ2n) is 7.82. The number of hydrogen-bond acceptors (Lipinski definition) is 5. The van der Waals surface area contributed by atoms with Crippen molar-refractivity contribution in [2.24, 2.45) is 0 Å². The lowest BCUT2D eigenvalue weighted by atomic mass is 10.2. The third-order valence-corrected chi connectivity index (χ3v) is 6.87. The van der Waals surface area contributed by atoms with E-state index < -0.39 is 0 Å². The van der Waals surface area contributed by atoms with Crippen LogP contribution in [0, 0.1) is 13.8 Å². The standard InChI is InChI=1S/C20H31N3O2S2/c1-10(2)22(11(3)4)18(24)15(9)27-20-21-17-16(13(7)14(8)26-17)19(25)23(20)12(5)6/h10-12,15H,1-9H3/t15-/m1/s1. The Morgan fingerprint density at radius 3 is 2.11 bits per heavy atom. The number of hydrogen-bond donors (Lipinski definition) is 0. The molecule has 0 saturated carbocycles. The summed E-state index contributed by atoms with van der Waals surface area (Å²) in [5.74, 6) is 0.0770. The fourth-order valence-corrected chi connectivity index (χ4v) is 5.52. The van der Waals surface area contributed by atoms with Crippen molar-refractivity contribution in [1.29, 1.82) is 0 Å². The van der Waals surface area contributed by atoms with Crippen LogP contribution in [-0.2, 0) is 4.79 Å². The monoisotopic (exact) mass is 409 g/mol. The number of rotatable bonds is 6. The van der Waals surface area contributed by atoms with Gasteiger partial charge in [0.15, 0.2) is 5.16 Å². The molecule has 150 valence electrons. The summed E-state index contributed by atoms with van der Waals surface area (Å²) in [5, 5.41) is 1.02. The molecule has 1 atom stereocenters. The Morgan fingerprint density at radius 2 is 1.63 bits per heavy atom. The Hall–Kier alpha value is -1.34. The number of carbonyl (C=O) groups is 1. The summed E-state index contributed by atoms with van der Waals surface area (Å²) in [7, 11) is 0. The fourth-order valence-electron chi connectivity index (χ4n) is 3.35. The van der Waals surface area contributed by atoms with Crippen LogP contribution in [0.1, 0.15) is 64.9 Å². The maximum Gasteiger partial charge on any atom is 0.263 e. The second-order valence-corrected chi connectivity index (χ2v) is 10.3. The summed E-state index contributed by atoms with van der Waals surface area (Å²) >= 11 is 2.93. The number of aromatic nitrogens is 2. The van der Waals surface area contributed by atoms with Crippen LogP contribution in [0.5, 0.6) is 0 Å². The van der Waals surface area contributed by atoms with Gasteiger partial charge in [0.25, 0.3) is 5.56 Å². The van der Waals surface area contributed by atoms with E-state index in [1.807, 2.05) is 67.2 Å². The van der Waals surface area contributed by atoms with Crippen LogP contribution in [-0.4, -0.2) is 37.7 Å². The number of thiophene rings is 1. The highest BCUT2D eigenvalue weighted by Crippen LogP contribution is 2.31. The van der Waals surface area contributed by atoms with Crippen molar-refractivity contribution in [2.75, 3.05) is 0 Å². The Labute approximate surface area is 170 Å². The first kappa shape index (κ1) is 22.0. The normalized spacial score (nSPS) is 13.2. The molecule has 5 nitrogen and oxygen atoms in total. The van der Waals surface area contributed by atoms with E-state index in [2.05, 4.69) is 0 Å². The van der Waals surface area contributed by atoms with Gasteiger partial charge in [0.05, 0.1) is 10.6 Å². The number of thioether (sulfide) groups is 1. The van der Waals surface area contributed by atoms with E-state index in [0.29, 0.717) is 10.5 Å². The average Bonchev–Trinajstić information content (AvgIpc) is 2.80. The van der Waals surface area contributed by atoms with Crippen molar-refractivity contribution in [1.82, 2.24) is 14.5 Å². The zero-order valence-electron chi connectivity index (χ0n) is 17.8. The van der Waals surface area contributed by atoms with Crippen LogP contribution in [0.3, 0.4) is 0 Å². The van der Waals surface area contributed by atoms with Gasteiger partial charge in [-0.05, 0) is 67.9 Å². The molecule has 2 aromatic rings. The number of nitrogens with zero attached hydrogens (tertiary/aromatic N) is 3. The summed E-state index contributed by atoms with van der Waals surface area (Å²) in [5.41, 5.74) is 0.997. The highest BCUT2D eigenvalue weighted by molar-refractivity contribution is 8.00. The largest absolute Gasteiger partial charge is 0.337 e. The number of fused-ring (bicyclic) bond motifs is 1. The number of amides is 1. The lowest BCUT2D eigenvalue weighted by Crippen LogP contribution is -2.45. The van der Waals surface area contributed by atoms with E-state index in [1.54, 1.807) is 15.9 Å². The Balaban J connectivity index is 2.50. The molecule has 0 aliphatic heterocycles. The van der Waals surface area contributed by atoms with Crippen molar-refractivity contribution in [2.45, 2.75) is 90.8 Å². The second kappa shape index (κ2) is 8.35. The van der Waals surface area contributed by atoms with E-state index in [9.17, 15) is 9.59 Å². The Kier molecular flexibility index (Phi) is 6.79. The summed E-state index contributed by atoms with van der Waals surface area (Å²) in [6, 6.07) is 0.238. The molecule has 2 aromatic heterocycles. The number of aryl methyl sites for hydroxylation is 2. The molecule has 0 bridgehead atoms. The molecule has 2 rings (SSSR count). The van der Waals surface area contributed by atoms with Crippen LogP contribution in [0.4, 0.5) is 0 Å². The molecule has 0 aliphatic rings. The van der Waals surface area contributed by atoms with E-state index in [1.165, 1.54) is 11.8 Å². The fraction of sp³-hybridized carbons (Fsp3) is 0.650. The van der Waals surface area contributed by atoms with Gasteiger partial charge >= 0.3 is 0 Å². The van der Waals surface area contributed by atoms with Crippen molar-refractivity contribution < 1.29 is 4.79 Å². The smallest absolute Gasteiger partial charge is 0.263 e. The predicted molar refractivity (Wildman–Crippen MR) is 116 cm³/mol. The van der Waals surface area contributed by atoms with Crippen LogP contribution in [0.25, 0.3) is 10.2 Å². The predicted octanol–water partition coefficient (Wildman–Crippen LogP) is 4.78. The van der Waals surface area contributed by atoms with Gasteiger partial charge in [0, 0.05) is 23.0 Å². The quantitative estimate of drug-likeness (QED) is 0.509. The molecule has 0 saturated heterocycles.